The zero-order valence-electron chi connectivity index (χ0n) is 13.1. The molecule has 0 saturated carbocycles. The molecule has 0 spiro atoms. The quantitative estimate of drug-likeness (QED) is 0.729. The predicted molar refractivity (Wildman–Crippen MR) is 90.2 cm³/mol. The van der Waals surface area contributed by atoms with Crippen LogP contribution in [0.4, 0.5) is 26.1 Å². The summed E-state index contributed by atoms with van der Waals surface area (Å²) in [6, 6.07) is 14.9. The highest BCUT2D eigenvalue weighted by Crippen LogP contribution is 2.21. The molecule has 0 radical (unpaired) electrons. The van der Waals surface area contributed by atoms with E-state index >= 15 is 0 Å². The third-order valence-corrected chi connectivity index (χ3v) is 3.35. The van der Waals surface area contributed by atoms with Gasteiger partial charge in [0.05, 0.1) is 5.69 Å². The van der Waals surface area contributed by atoms with Crippen molar-refractivity contribution in [2.45, 2.75) is 13.5 Å². The van der Waals surface area contributed by atoms with Gasteiger partial charge in [0.2, 0.25) is 0 Å². The monoisotopic (exact) mass is 326 g/mol. The van der Waals surface area contributed by atoms with Gasteiger partial charge in [0, 0.05) is 18.7 Å². The Hall–Kier alpha value is -3.02. The molecule has 3 aromatic rings. The molecule has 0 aliphatic rings. The van der Waals surface area contributed by atoms with Gasteiger partial charge in [0.25, 0.3) is 0 Å². The topological polar surface area (TPSA) is 49.8 Å². The Labute approximate surface area is 138 Å². The van der Waals surface area contributed by atoms with E-state index in [0.29, 0.717) is 24.0 Å². The Morgan fingerprint density at radius 3 is 2.42 bits per heavy atom. The van der Waals surface area contributed by atoms with Crippen LogP contribution in [0.15, 0.2) is 54.6 Å². The molecule has 0 fully saturated rings. The molecular weight excluding hydrogens is 310 g/mol. The maximum absolute atomic E-state index is 13.7. The maximum Gasteiger partial charge on any atom is 0.149 e. The van der Waals surface area contributed by atoms with Crippen LogP contribution < -0.4 is 10.6 Å². The number of hydrogen-bond donors (Lipinski definition) is 2. The maximum atomic E-state index is 13.7. The number of halogens is 2. The molecule has 0 amide bonds. The number of nitrogens with one attached hydrogen (secondary N) is 2. The first-order chi connectivity index (χ1) is 11.6. The second-order valence-electron chi connectivity index (χ2n) is 5.27. The minimum Gasteiger partial charge on any atom is -0.366 e. The number of aromatic nitrogens is 2. The average Bonchev–Trinajstić information content (AvgIpc) is 2.56. The first-order valence-electron chi connectivity index (χ1n) is 7.46. The van der Waals surface area contributed by atoms with Crippen LogP contribution in [-0.2, 0) is 6.54 Å². The van der Waals surface area contributed by atoms with Crippen LogP contribution in [0.25, 0.3) is 0 Å². The number of benzene rings is 2. The van der Waals surface area contributed by atoms with E-state index in [0.717, 1.165) is 11.6 Å². The van der Waals surface area contributed by atoms with Gasteiger partial charge in [-0.05, 0) is 24.6 Å². The Morgan fingerprint density at radius 2 is 1.67 bits per heavy atom. The van der Waals surface area contributed by atoms with Gasteiger partial charge in [-0.25, -0.2) is 18.7 Å². The zero-order valence-corrected chi connectivity index (χ0v) is 13.1. The van der Waals surface area contributed by atoms with Crippen molar-refractivity contribution in [3.8, 4) is 0 Å². The summed E-state index contributed by atoms with van der Waals surface area (Å²) < 4.78 is 26.7. The average molecular weight is 326 g/mol. The lowest BCUT2D eigenvalue weighted by Gasteiger charge is -2.11. The smallest absolute Gasteiger partial charge is 0.149 e. The predicted octanol–water partition coefficient (Wildman–Crippen LogP) is 4.42. The number of hydrogen-bond acceptors (Lipinski definition) is 4. The van der Waals surface area contributed by atoms with E-state index < -0.39 is 11.6 Å². The van der Waals surface area contributed by atoms with E-state index in [1.165, 1.54) is 12.1 Å². The van der Waals surface area contributed by atoms with Gasteiger partial charge in [-0.2, -0.15) is 0 Å². The second-order valence-corrected chi connectivity index (χ2v) is 5.27. The summed E-state index contributed by atoms with van der Waals surface area (Å²) in [5.41, 5.74) is 1.27. The van der Waals surface area contributed by atoms with Gasteiger partial charge in [-0.1, -0.05) is 30.3 Å². The van der Waals surface area contributed by atoms with Crippen molar-refractivity contribution in [1.82, 2.24) is 9.97 Å². The first kappa shape index (κ1) is 15.9. The SMILES string of the molecule is Cc1nc(NCc2ccccc2)cc(Nc2ccc(F)cc2F)n1. The van der Waals surface area contributed by atoms with E-state index in [1.807, 2.05) is 30.3 Å². The summed E-state index contributed by atoms with van der Waals surface area (Å²) in [5.74, 6) is 0.296. The third-order valence-electron chi connectivity index (χ3n) is 3.35. The minimum absolute atomic E-state index is 0.156. The molecule has 0 aliphatic carbocycles. The van der Waals surface area contributed by atoms with Crippen molar-refractivity contribution >= 4 is 17.3 Å². The minimum atomic E-state index is -0.676. The van der Waals surface area contributed by atoms with Crippen molar-refractivity contribution in [3.05, 3.63) is 77.6 Å². The van der Waals surface area contributed by atoms with Crippen LogP contribution >= 0.6 is 0 Å². The lowest BCUT2D eigenvalue weighted by molar-refractivity contribution is 0.586. The van der Waals surface area contributed by atoms with Gasteiger partial charge in [0.1, 0.15) is 29.1 Å². The van der Waals surface area contributed by atoms with Crippen molar-refractivity contribution in [1.29, 1.82) is 0 Å². The molecule has 0 unspecified atom stereocenters. The van der Waals surface area contributed by atoms with Crippen molar-refractivity contribution < 1.29 is 8.78 Å². The van der Waals surface area contributed by atoms with Crippen LogP contribution in [-0.4, -0.2) is 9.97 Å². The fraction of sp³-hybridized carbons (Fsp3) is 0.111. The summed E-state index contributed by atoms with van der Waals surface area (Å²) in [7, 11) is 0. The summed E-state index contributed by atoms with van der Waals surface area (Å²) in [5, 5.41) is 6.05. The van der Waals surface area contributed by atoms with Crippen LogP contribution in [0.3, 0.4) is 0 Å². The Bertz CT molecular complexity index is 838. The van der Waals surface area contributed by atoms with Crippen LogP contribution in [0, 0.1) is 18.6 Å². The molecule has 6 heteroatoms. The second kappa shape index (κ2) is 7.04. The number of aryl methyl sites for hydroxylation is 1. The Morgan fingerprint density at radius 1 is 0.917 bits per heavy atom. The van der Waals surface area contributed by atoms with E-state index in [2.05, 4.69) is 20.6 Å². The largest absolute Gasteiger partial charge is 0.366 e. The molecule has 2 aromatic carbocycles. The molecule has 1 aromatic heterocycles. The summed E-state index contributed by atoms with van der Waals surface area (Å²) in [6.45, 7) is 2.36. The van der Waals surface area contributed by atoms with Gasteiger partial charge >= 0.3 is 0 Å². The highest BCUT2D eigenvalue weighted by molar-refractivity contribution is 5.59. The van der Waals surface area contributed by atoms with Crippen molar-refractivity contribution in [2.24, 2.45) is 0 Å². The molecule has 4 nitrogen and oxygen atoms in total. The summed E-state index contributed by atoms with van der Waals surface area (Å²) in [6.07, 6.45) is 0. The molecule has 0 aliphatic heterocycles. The standard InChI is InChI=1S/C18H16F2N4/c1-12-22-17(21-11-13-5-3-2-4-6-13)10-18(23-12)24-16-8-7-14(19)9-15(16)20/h2-10H,11H2,1H3,(H2,21,22,23,24). The lowest BCUT2D eigenvalue weighted by Crippen LogP contribution is -2.05. The van der Waals surface area contributed by atoms with Gasteiger partial charge in [-0.15, -0.1) is 0 Å². The zero-order chi connectivity index (χ0) is 16.9. The van der Waals surface area contributed by atoms with E-state index in [1.54, 1.807) is 13.0 Å². The molecular formula is C18H16F2N4. The van der Waals surface area contributed by atoms with E-state index in [9.17, 15) is 8.78 Å². The molecule has 0 bridgehead atoms. The normalized spacial score (nSPS) is 10.5. The summed E-state index contributed by atoms with van der Waals surface area (Å²) in [4.78, 5) is 8.54. The molecule has 122 valence electrons. The number of nitrogens with zero attached hydrogens (tertiary/aromatic N) is 2. The van der Waals surface area contributed by atoms with Crippen LogP contribution in [0.2, 0.25) is 0 Å². The Kier molecular flexibility index (Phi) is 4.65. The van der Waals surface area contributed by atoms with E-state index in [4.69, 9.17) is 0 Å². The fourth-order valence-corrected chi connectivity index (χ4v) is 2.24. The summed E-state index contributed by atoms with van der Waals surface area (Å²) >= 11 is 0. The lowest BCUT2D eigenvalue weighted by atomic mass is 10.2. The molecule has 0 saturated heterocycles. The third kappa shape index (κ3) is 4.04. The highest BCUT2D eigenvalue weighted by atomic mass is 19.1. The fourth-order valence-electron chi connectivity index (χ4n) is 2.24. The van der Waals surface area contributed by atoms with Gasteiger partial charge < -0.3 is 10.6 Å². The molecule has 3 rings (SSSR count). The van der Waals surface area contributed by atoms with Crippen molar-refractivity contribution in [3.63, 3.8) is 0 Å². The van der Waals surface area contributed by atoms with Crippen molar-refractivity contribution in [2.75, 3.05) is 10.6 Å². The molecule has 2 N–H and O–H groups in total. The highest BCUT2D eigenvalue weighted by Gasteiger charge is 2.07. The number of anilines is 3. The van der Waals surface area contributed by atoms with Crippen LogP contribution in [0.5, 0.6) is 0 Å². The van der Waals surface area contributed by atoms with Crippen LogP contribution in [0.1, 0.15) is 11.4 Å². The molecule has 0 atom stereocenters. The molecule has 24 heavy (non-hydrogen) atoms. The number of rotatable bonds is 5. The van der Waals surface area contributed by atoms with E-state index in [-0.39, 0.29) is 5.69 Å². The molecule has 1 heterocycles. The Balaban J connectivity index is 1.76. The van der Waals surface area contributed by atoms with Gasteiger partial charge in [-0.3, -0.25) is 0 Å². The first-order valence-corrected chi connectivity index (χ1v) is 7.46. The van der Waals surface area contributed by atoms with Gasteiger partial charge in [0.15, 0.2) is 0 Å².